The summed E-state index contributed by atoms with van der Waals surface area (Å²) in [5.74, 6) is -0.879. The van der Waals surface area contributed by atoms with Gasteiger partial charge >= 0.3 is 5.97 Å². The average Bonchev–Trinajstić information content (AvgIpc) is 2.99. The summed E-state index contributed by atoms with van der Waals surface area (Å²) in [6.45, 7) is 0.707. The van der Waals surface area contributed by atoms with E-state index in [4.69, 9.17) is 5.11 Å². The third-order valence-corrected chi connectivity index (χ3v) is 3.19. The van der Waals surface area contributed by atoms with Crippen molar-refractivity contribution >= 4 is 17.6 Å². The van der Waals surface area contributed by atoms with Gasteiger partial charge in [0.1, 0.15) is 0 Å². The van der Waals surface area contributed by atoms with Crippen LogP contribution in [0.15, 0.2) is 42.7 Å². The SMILES string of the molecule is O=C(O)CCc1cccc(NC(=O)CCCn2cccn2)c1. The topological polar surface area (TPSA) is 84.2 Å². The molecule has 1 aromatic carbocycles. The largest absolute Gasteiger partial charge is 0.481 e. The third-order valence-electron chi connectivity index (χ3n) is 3.19. The predicted molar refractivity (Wildman–Crippen MR) is 82.5 cm³/mol. The highest BCUT2D eigenvalue weighted by Gasteiger charge is 2.04. The fourth-order valence-electron chi connectivity index (χ4n) is 2.11. The molecular weight excluding hydrogens is 282 g/mol. The summed E-state index contributed by atoms with van der Waals surface area (Å²) in [5.41, 5.74) is 1.60. The van der Waals surface area contributed by atoms with Gasteiger partial charge in [0, 0.05) is 37.5 Å². The quantitative estimate of drug-likeness (QED) is 0.783. The standard InChI is InChI=1S/C16H19N3O3/c20-15(6-2-10-19-11-3-9-17-19)18-14-5-1-4-13(12-14)7-8-16(21)22/h1,3-5,9,11-12H,2,6-8,10H2,(H,18,20)(H,21,22). The van der Waals surface area contributed by atoms with Crippen molar-refractivity contribution in [3.63, 3.8) is 0 Å². The fourth-order valence-corrected chi connectivity index (χ4v) is 2.11. The van der Waals surface area contributed by atoms with Crippen LogP contribution in [0.25, 0.3) is 0 Å². The van der Waals surface area contributed by atoms with Crippen LogP contribution in [0.1, 0.15) is 24.8 Å². The Hall–Kier alpha value is -2.63. The predicted octanol–water partition coefficient (Wildman–Crippen LogP) is 2.32. The highest BCUT2D eigenvalue weighted by Crippen LogP contribution is 2.13. The lowest BCUT2D eigenvalue weighted by Gasteiger charge is -2.07. The van der Waals surface area contributed by atoms with Crippen molar-refractivity contribution in [1.29, 1.82) is 0 Å². The molecule has 0 unspecified atom stereocenters. The Balaban J connectivity index is 1.78. The van der Waals surface area contributed by atoms with Crippen molar-refractivity contribution in [3.8, 4) is 0 Å². The van der Waals surface area contributed by atoms with Gasteiger partial charge in [0.25, 0.3) is 0 Å². The van der Waals surface area contributed by atoms with Crippen LogP contribution in [0.3, 0.4) is 0 Å². The first-order valence-corrected chi connectivity index (χ1v) is 7.21. The molecule has 0 aliphatic carbocycles. The Morgan fingerprint density at radius 1 is 1.23 bits per heavy atom. The van der Waals surface area contributed by atoms with E-state index in [1.165, 1.54) is 0 Å². The van der Waals surface area contributed by atoms with Gasteiger partial charge in [0.2, 0.25) is 5.91 Å². The summed E-state index contributed by atoms with van der Waals surface area (Å²) >= 11 is 0. The van der Waals surface area contributed by atoms with Crippen LogP contribution in [0.4, 0.5) is 5.69 Å². The number of aliphatic carboxylic acids is 1. The monoisotopic (exact) mass is 301 g/mol. The van der Waals surface area contributed by atoms with Gasteiger partial charge < -0.3 is 10.4 Å². The lowest BCUT2D eigenvalue weighted by molar-refractivity contribution is -0.137. The summed E-state index contributed by atoms with van der Waals surface area (Å²) < 4.78 is 1.79. The first-order valence-electron chi connectivity index (χ1n) is 7.21. The maximum absolute atomic E-state index is 11.9. The molecule has 0 bridgehead atoms. The zero-order chi connectivity index (χ0) is 15.8. The minimum atomic E-state index is -0.826. The molecule has 1 heterocycles. The maximum atomic E-state index is 11.9. The van der Waals surface area contributed by atoms with Crippen LogP contribution in [0, 0.1) is 0 Å². The van der Waals surface area contributed by atoms with Gasteiger partial charge in [-0.25, -0.2) is 0 Å². The van der Waals surface area contributed by atoms with Crippen molar-refractivity contribution in [3.05, 3.63) is 48.3 Å². The van der Waals surface area contributed by atoms with E-state index in [0.29, 0.717) is 31.5 Å². The first kappa shape index (κ1) is 15.8. The number of hydrogen-bond acceptors (Lipinski definition) is 3. The van der Waals surface area contributed by atoms with Gasteiger partial charge in [0.05, 0.1) is 0 Å². The molecule has 2 aromatic rings. The number of rotatable bonds is 8. The number of nitrogens with one attached hydrogen (secondary N) is 1. The first-order chi connectivity index (χ1) is 10.6. The molecule has 0 aliphatic heterocycles. The third kappa shape index (κ3) is 5.40. The smallest absolute Gasteiger partial charge is 0.303 e. The Morgan fingerprint density at radius 3 is 2.82 bits per heavy atom. The lowest BCUT2D eigenvalue weighted by atomic mass is 10.1. The summed E-state index contributed by atoms with van der Waals surface area (Å²) in [4.78, 5) is 22.5. The molecule has 0 saturated heterocycles. The van der Waals surface area contributed by atoms with E-state index in [1.807, 2.05) is 30.5 Å². The number of aromatic nitrogens is 2. The van der Waals surface area contributed by atoms with E-state index in [0.717, 1.165) is 5.56 Å². The van der Waals surface area contributed by atoms with Crippen LogP contribution in [0.2, 0.25) is 0 Å². The van der Waals surface area contributed by atoms with Crippen LogP contribution in [0.5, 0.6) is 0 Å². The number of carbonyl (C=O) groups is 2. The number of carbonyl (C=O) groups excluding carboxylic acids is 1. The van der Waals surface area contributed by atoms with Crippen LogP contribution < -0.4 is 5.32 Å². The van der Waals surface area contributed by atoms with Crippen molar-refractivity contribution < 1.29 is 14.7 Å². The molecule has 0 saturated carbocycles. The Labute approximate surface area is 128 Å². The van der Waals surface area contributed by atoms with Crippen molar-refractivity contribution in [2.24, 2.45) is 0 Å². The summed E-state index contributed by atoms with van der Waals surface area (Å²) in [6, 6.07) is 9.14. The number of carboxylic acids is 1. The van der Waals surface area contributed by atoms with Gasteiger partial charge in [-0.05, 0) is 36.6 Å². The van der Waals surface area contributed by atoms with Gasteiger partial charge in [0.15, 0.2) is 0 Å². The molecule has 6 nitrogen and oxygen atoms in total. The Kier molecular flexibility index (Phi) is 5.71. The van der Waals surface area contributed by atoms with E-state index in [9.17, 15) is 9.59 Å². The number of benzene rings is 1. The highest BCUT2D eigenvalue weighted by molar-refractivity contribution is 5.90. The van der Waals surface area contributed by atoms with Crippen LogP contribution in [-0.2, 0) is 22.6 Å². The number of nitrogens with zero attached hydrogens (tertiary/aromatic N) is 2. The van der Waals surface area contributed by atoms with Gasteiger partial charge in [-0.15, -0.1) is 0 Å². The molecule has 2 N–H and O–H groups in total. The van der Waals surface area contributed by atoms with Gasteiger partial charge in [-0.2, -0.15) is 5.10 Å². The second kappa shape index (κ2) is 7.97. The zero-order valence-electron chi connectivity index (χ0n) is 12.2. The second-order valence-corrected chi connectivity index (χ2v) is 5.01. The van der Waals surface area contributed by atoms with Crippen LogP contribution in [-0.4, -0.2) is 26.8 Å². The van der Waals surface area contributed by atoms with E-state index >= 15 is 0 Å². The van der Waals surface area contributed by atoms with E-state index in [1.54, 1.807) is 16.9 Å². The van der Waals surface area contributed by atoms with Crippen molar-refractivity contribution in [1.82, 2.24) is 9.78 Å². The number of carboxylic acid groups (broad SMARTS) is 1. The molecule has 1 aromatic heterocycles. The molecule has 22 heavy (non-hydrogen) atoms. The molecule has 0 fully saturated rings. The Bertz CT molecular complexity index is 623. The maximum Gasteiger partial charge on any atom is 0.303 e. The molecule has 1 amide bonds. The Morgan fingerprint density at radius 2 is 2.09 bits per heavy atom. The molecule has 0 atom stereocenters. The number of amides is 1. The van der Waals surface area contributed by atoms with Gasteiger partial charge in [-0.1, -0.05) is 12.1 Å². The minimum absolute atomic E-state index is 0.0532. The van der Waals surface area contributed by atoms with E-state index in [-0.39, 0.29) is 12.3 Å². The molecule has 2 rings (SSSR count). The van der Waals surface area contributed by atoms with Crippen LogP contribution >= 0.6 is 0 Å². The van der Waals surface area contributed by atoms with Crippen molar-refractivity contribution in [2.75, 3.05) is 5.32 Å². The number of hydrogen-bond donors (Lipinski definition) is 2. The minimum Gasteiger partial charge on any atom is -0.481 e. The normalized spacial score (nSPS) is 10.4. The van der Waals surface area contributed by atoms with Crippen molar-refractivity contribution in [2.45, 2.75) is 32.2 Å². The second-order valence-electron chi connectivity index (χ2n) is 5.01. The summed E-state index contributed by atoms with van der Waals surface area (Å²) in [7, 11) is 0. The molecule has 116 valence electrons. The van der Waals surface area contributed by atoms with E-state index in [2.05, 4.69) is 10.4 Å². The summed E-state index contributed by atoms with van der Waals surface area (Å²) in [5, 5.41) is 15.6. The molecule has 6 heteroatoms. The zero-order valence-corrected chi connectivity index (χ0v) is 12.2. The fraction of sp³-hybridized carbons (Fsp3) is 0.312. The molecular formula is C16H19N3O3. The van der Waals surface area contributed by atoms with Gasteiger partial charge in [-0.3, -0.25) is 14.3 Å². The lowest BCUT2D eigenvalue weighted by Crippen LogP contribution is -2.12. The summed E-state index contributed by atoms with van der Waals surface area (Å²) in [6.07, 6.45) is 5.25. The molecule has 0 aliphatic rings. The molecule has 0 radical (unpaired) electrons. The highest BCUT2D eigenvalue weighted by atomic mass is 16.4. The molecule has 0 spiro atoms. The average molecular weight is 301 g/mol. The number of anilines is 1. The van der Waals surface area contributed by atoms with E-state index < -0.39 is 5.97 Å². The number of aryl methyl sites for hydroxylation is 2.